The van der Waals surface area contributed by atoms with E-state index in [0.717, 1.165) is 22.5 Å². The van der Waals surface area contributed by atoms with Gasteiger partial charge in [0.15, 0.2) is 11.5 Å². The van der Waals surface area contributed by atoms with E-state index in [-0.39, 0.29) is 5.82 Å². The second-order valence-corrected chi connectivity index (χ2v) is 7.42. The highest BCUT2D eigenvalue weighted by molar-refractivity contribution is 5.90. The molecular formula is C24H20FN7. The average Bonchev–Trinajstić information content (AvgIpc) is 3.50. The number of hydrogen-bond acceptors (Lipinski definition) is 4. The van der Waals surface area contributed by atoms with E-state index in [2.05, 4.69) is 26.9 Å². The summed E-state index contributed by atoms with van der Waals surface area (Å²) in [6.07, 6.45) is 7.06. The molecule has 7 nitrogen and oxygen atoms in total. The molecule has 158 valence electrons. The Labute approximate surface area is 183 Å². The van der Waals surface area contributed by atoms with E-state index in [1.165, 1.54) is 6.07 Å². The van der Waals surface area contributed by atoms with Gasteiger partial charge in [-0.15, -0.1) is 0 Å². The molecule has 0 aliphatic carbocycles. The maximum Gasteiger partial charge on any atom is 0.161 e. The van der Waals surface area contributed by atoms with Crippen LogP contribution in [0.2, 0.25) is 0 Å². The van der Waals surface area contributed by atoms with Crippen molar-refractivity contribution < 1.29 is 4.39 Å². The summed E-state index contributed by atoms with van der Waals surface area (Å²) in [7, 11) is 1.86. The normalized spacial score (nSPS) is 11.9. The smallest absolute Gasteiger partial charge is 0.161 e. The summed E-state index contributed by atoms with van der Waals surface area (Å²) in [4.78, 5) is 12.8. The van der Waals surface area contributed by atoms with Crippen molar-refractivity contribution in [3.05, 3.63) is 90.3 Å². The van der Waals surface area contributed by atoms with E-state index in [1.54, 1.807) is 41.2 Å². The standard InChI is InChI=1S/C24H20FN7/c1-4-7-17(16-8-5-6-9-18(16)25)21-14(2)27-24(29-21)23-22-20(30-31-23)11-10-19(28-22)15-12-26-32(3)13-15/h4-13H,1H2,2-3H3,(H,27,29)(H,30,31)/b17-7-. The minimum absolute atomic E-state index is 0.322. The van der Waals surface area contributed by atoms with Gasteiger partial charge >= 0.3 is 0 Å². The van der Waals surface area contributed by atoms with Crippen LogP contribution in [-0.2, 0) is 7.05 Å². The number of imidazole rings is 1. The lowest BCUT2D eigenvalue weighted by atomic mass is 10.0. The van der Waals surface area contributed by atoms with Crippen molar-refractivity contribution in [3.63, 3.8) is 0 Å². The zero-order chi connectivity index (χ0) is 22.2. The fourth-order valence-electron chi connectivity index (χ4n) is 3.71. The van der Waals surface area contributed by atoms with Gasteiger partial charge < -0.3 is 4.98 Å². The van der Waals surface area contributed by atoms with E-state index in [0.29, 0.717) is 33.9 Å². The van der Waals surface area contributed by atoms with Gasteiger partial charge in [0.05, 0.1) is 23.1 Å². The number of aromatic amines is 2. The van der Waals surface area contributed by atoms with Crippen LogP contribution >= 0.6 is 0 Å². The number of rotatable bonds is 5. The Kier molecular flexibility index (Phi) is 4.74. The van der Waals surface area contributed by atoms with Gasteiger partial charge in [-0.3, -0.25) is 9.78 Å². The maximum absolute atomic E-state index is 14.5. The van der Waals surface area contributed by atoms with Crippen molar-refractivity contribution in [2.45, 2.75) is 6.92 Å². The Morgan fingerprint density at radius 3 is 2.75 bits per heavy atom. The van der Waals surface area contributed by atoms with Crippen molar-refractivity contribution in [2.24, 2.45) is 7.05 Å². The molecule has 5 rings (SSSR count). The molecule has 5 aromatic rings. The summed E-state index contributed by atoms with van der Waals surface area (Å²) in [5.41, 5.74) is 6.28. The first kappa shape index (κ1) is 19.6. The Hall–Kier alpha value is -4.33. The molecule has 0 atom stereocenters. The number of hydrogen-bond donors (Lipinski definition) is 2. The number of pyridine rings is 1. The first-order chi connectivity index (χ1) is 15.5. The highest BCUT2D eigenvalue weighted by atomic mass is 19.1. The zero-order valence-corrected chi connectivity index (χ0v) is 17.6. The van der Waals surface area contributed by atoms with Crippen molar-refractivity contribution in [3.8, 4) is 22.8 Å². The minimum Gasteiger partial charge on any atom is -0.340 e. The number of aromatic nitrogens is 7. The zero-order valence-electron chi connectivity index (χ0n) is 17.6. The summed E-state index contributed by atoms with van der Waals surface area (Å²) >= 11 is 0. The van der Waals surface area contributed by atoms with Crippen molar-refractivity contribution in [1.29, 1.82) is 0 Å². The average molecular weight is 425 g/mol. The molecular weight excluding hydrogens is 405 g/mol. The number of benzene rings is 1. The van der Waals surface area contributed by atoms with Crippen molar-refractivity contribution >= 4 is 16.6 Å². The SMILES string of the molecule is C=C/C=C(/c1ccccc1F)c1nc(-c2n[nH]c3ccc(-c4cnn(C)c4)nc23)[nH]c1C. The summed E-state index contributed by atoms with van der Waals surface area (Å²) in [6, 6.07) is 10.5. The second-order valence-electron chi connectivity index (χ2n) is 7.42. The molecule has 4 aromatic heterocycles. The van der Waals surface area contributed by atoms with Gasteiger partial charge in [-0.25, -0.2) is 14.4 Å². The molecule has 0 saturated heterocycles. The molecule has 0 unspecified atom stereocenters. The quantitative estimate of drug-likeness (QED) is 0.396. The number of halogens is 1. The van der Waals surface area contributed by atoms with Crippen LogP contribution in [0.25, 0.3) is 39.4 Å². The van der Waals surface area contributed by atoms with Crippen LogP contribution in [0.4, 0.5) is 4.39 Å². The summed E-state index contributed by atoms with van der Waals surface area (Å²) in [5, 5.41) is 11.7. The summed E-state index contributed by atoms with van der Waals surface area (Å²) in [5.74, 6) is 0.225. The third-order valence-corrected chi connectivity index (χ3v) is 5.22. The van der Waals surface area contributed by atoms with E-state index in [4.69, 9.17) is 9.97 Å². The van der Waals surface area contributed by atoms with E-state index >= 15 is 0 Å². The fourth-order valence-corrected chi connectivity index (χ4v) is 3.71. The Bertz CT molecular complexity index is 1490. The molecule has 0 radical (unpaired) electrons. The van der Waals surface area contributed by atoms with Crippen LogP contribution in [0.3, 0.4) is 0 Å². The number of nitrogens with one attached hydrogen (secondary N) is 2. The predicted octanol–water partition coefficient (Wildman–Crippen LogP) is 4.81. The third kappa shape index (κ3) is 3.31. The van der Waals surface area contributed by atoms with Crippen molar-refractivity contribution in [2.75, 3.05) is 0 Å². The van der Waals surface area contributed by atoms with Gasteiger partial charge in [-0.05, 0) is 25.1 Å². The highest BCUT2D eigenvalue weighted by Gasteiger charge is 2.20. The van der Waals surface area contributed by atoms with Gasteiger partial charge in [0.25, 0.3) is 0 Å². The van der Waals surface area contributed by atoms with E-state index in [1.807, 2.05) is 32.3 Å². The number of allylic oxidation sites excluding steroid dienone is 2. The van der Waals surface area contributed by atoms with Crippen LogP contribution in [0.15, 0.2) is 67.5 Å². The molecule has 0 fully saturated rings. The number of H-pyrrole nitrogens is 2. The first-order valence-electron chi connectivity index (χ1n) is 10.0. The molecule has 0 aliphatic heterocycles. The molecule has 2 N–H and O–H groups in total. The number of fused-ring (bicyclic) bond motifs is 1. The lowest BCUT2D eigenvalue weighted by Gasteiger charge is -2.07. The topological polar surface area (TPSA) is 88.1 Å². The Morgan fingerprint density at radius 1 is 1.16 bits per heavy atom. The van der Waals surface area contributed by atoms with E-state index in [9.17, 15) is 4.39 Å². The molecule has 0 saturated carbocycles. The first-order valence-corrected chi connectivity index (χ1v) is 10.0. The number of aryl methyl sites for hydroxylation is 2. The van der Waals surface area contributed by atoms with Crippen molar-refractivity contribution in [1.82, 2.24) is 34.9 Å². The second kappa shape index (κ2) is 7.73. The van der Waals surface area contributed by atoms with Crippen LogP contribution in [0.1, 0.15) is 17.0 Å². The molecule has 0 spiro atoms. The van der Waals surface area contributed by atoms with Crippen LogP contribution < -0.4 is 0 Å². The number of nitrogens with zero attached hydrogens (tertiary/aromatic N) is 5. The highest BCUT2D eigenvalue weighted by Crippen LogP contribution is 2.31. The molecule has 1 aromatic carbocycles. The summed E-state index contributed by atoms with van der Waals surface area (Å²) < 4.78 is 16.3. The van der Waals surface area contributed by atoms with Gasteiger partial charge in [0.1, 0.15) is 11.3 Å². The van der Waals surface area contributed by atoms with Gasteiger partial charge in [0, 0.05) is 35.6 Å². The molecule has 0 amide bonds. The van der Waals surface area contributed by atoms with Crippen LogP contribution in [0, 0.1) is 12.7 Å². The third-order valence-electron chi connectivity index (χ3n) is 5.22. The predicted molar refractivity (Wildman–Crippen MR) is 122 cm³/mol. The molecule has 0 bridgehead atoms. The maximum atomic E-state index is 14.5. The monoisotopic (exact) mass is 425 g/mol. The Balaban J connectivity index is 1.62. The van der Waals surface area contributed by atoms with E-state index < -0.39 is 0 Å². The van der Waals surface area contributed by atoms with Gasteiger partial charge in [0.2, 0.25) is 0 Å². The van der Waals surface area contributed by atoms with Gasteiger partial charge in [-0.1, -0.05) is 36.9 Å². The molecule has 0 aliphatic rings. The van der Waals surface area contributed by atoms with Gasteiger partial charge in [-0.2, -0.15) is 10.2 Å². The van der Waals surface area contributed by atoms with Crippen LogP contribution in [0.5, 0.6) is 0 Å². The fraction of sp³-hybridized carbons (Fsp3) is 0.0833. The van der Waals surface area contributed by atoms with Crippen LogP contribution in [-0.4, -0.2) is 34.9 Å². The lowest BCUT2D eigenvalue weighted by Crippen LogP contribution is -1.94. The lowest BCUT2D eigenvalue weighted by molar-refractivity contribution is 0.624. The molecule has 32 heavy (non-hydrogen) atoms. The summed E-state index contributed by atoms with van der Waals surface area (Å²) in [6.45, 7) is 5.67. The largest absolute Gasteiger partial charge is 0.340 e. The molecule has 8 heteroatoms. The minimum atomic E-state index is -0.322. The molecule has 4 heterocycles. The Morgan fingerprint density at radius 2 is 2.00 bits per heavy atom.